The van der Waals surface area contributed by atoms with Crippen molar-refractivity contribution in [3.8, 4) is 0 Å². The molecule has 5 heteroatoms. The van der Waals surface area contributed by atoms with Gasteiger partial charge in [-0.05, 0) is 37.1 Å². The van der Waals surface area contributed by atoms with Gasteiger partial charge in [0.25, 0.3) is 10.1 Å². The number of benzene rings is 1. The molecule has 0 amide bonds. The number of hydrogen-bond acceptors (Lipinski definition) is 4. The van der Waals surface area contributed by atoms with Crippen molar-refractivity contribution >= 4 is 10.1 Å². The van der Waals surface area contributed by atoms with Crippen LogP contribution in [0.5, 0.6) is 0 Å². The molecule has 0 radical (unpaired) electrons. The molecule has 0 saturated carbocycles. The van der Waals surface area contributed by atoms with Gasteiger partial charge in [-0.1, -0.05) is 24.3 Å². The lowest BCUT2D eigenvalue weighted by Gasteiger charge is -2.05. The van der Waals surface area contributed by atoms with Crippen molar-refractivity contribution in [2.24, 2.45) is 0 Å². The first-order valence-corrected chi connectivity index (χ1v) is 7.35. The van der Waals surface area contributed by atoms with Gasteiger partial charge in [-0.15, -0.1) is 0 Å². The summed E-state index contributed by atoms with van der Waals surface area (Å²) in [5, 5.41) is 0. The second-order valence-electron chi connectivity index (χ2n) is 4.15. The van der Waals surface area contributed by atoms with Gasteiger partial charge in [0.15, 0.2) is 0 Å². The Balaban J connectivity index is 1.94. The summed E-state index contributed by atoms with van der Waals surface area (Å²) in [6.07, 6.45) is 2.24. The maximum absolute atomic E-state index is 11.8. The van der Waals surface area contributed by atoms with Crippen molar-refractivity contribution in [1.29, 1.82) is 0 Å². The van der Waals surface area contributed by atoms with Gasteiger partial charge in [0.05, 0.1) is 11.5 Å². The van der Waals surface area contributed by atoms with Crippen LogP contribution in [0.3, 0.4) is 0 Å². The van der Waals surface area contributed by atoms with E-state index in [9.17, 15) is 8.42 Å². The van der Waals surface area contributed by atoms with Crippen molar-refractivity contribution in [2.45, 2.75) is 18.2 Å². The fraction of sp³-hybridized carbons (Fsp3) is 0.214. The predicted octanol–water partition coefficient (Wildman–Crippen LogP) is 2.34. The fourth-order valence-electron chi connectivity index (χ4n) is 1.57. The van der Waals surface area contributed by atoms with Crippen LogP contribution in [0.2, 0.25) is 0 Å². The zero-order valence-corrected chi connectivity index (χ0v) is 11.4. The molecule has 0 unspecified atom stereocenters. The molecule has 0 spiro atoms. The average molecular weight is 277 g/mol. The molecule has 0 atom stereocenters. The molecule has 0 aliphatic carbocycles. The Morgan fingerprint density at radius 1 is 1.11 bits per heavy atom. The maximum Gasteiger partial charge on any atom is 0.296 e. The molecule has 0 aliphatic heterocycles. The van der Waals surface area contributed by atoms with Crippen molar-refractivity contribution in [3.63, 3.8) is 0 Å². The van der Waals surface area contributed by atoms with E-state index in [1.807, 2.05) is 19.1 Å². The Morgan fingerprint density at radius 2 is 1.84 bits per heavy atom. The predicted molar refractivity (Wildman–Crippen MR) is 72.3 cm³/mol. The van der Waals surface area contributed by atoms with Gasteiger partial charge in [0.1, 0.15) is 0 Å². The van der Waals surface area contributed by atoms with Crippen LogP contribution in [0.4, 0.5) is 0 Å². The minimum atomic E-state index is -3.66. The normalized spacial score (nSPS) is 11.4. The highest BCUT2D eigenvalue weighted by molar-refractivity contribution is 7.86. The van der Waals surface area contributed by atoms with E-state index in [1.165, 1.54) is 12.1 Å². The summed E-state index contributed by atoms with van der Waals surface area (Å²) in [5.41, 5.74) is 1.88. The van der Waals surface area contributed by atoms with Gasteiger partial charge in [-0.3, -0.25) is 9.17 Å². The van der Waals surface area contributed by atoms with Crippen LogP contribution in [0, 0.1) is 6.92 Å². The summed E-state index contributed by atoms with van der Waals surface area (Å²) in [7, 11) is -3.66. The molecule has 19 heavy (non-hydrogen) atoms. The van der Waals surface area contributed by atoms with E-state index < -0.39 is 10.1 Å². The van der Waals surface area contributed by atoms with Gasteiger partial charge >= 0.3 is 0 Å². The molecule has 0 saturated heterocycles. The highest BCUT2D eigenvalue weighted by Crippen LogP contribution is 2.12. The third-order valence-electron chi connectivity index (χ3n) is 2.63. The summed E-state index contributed by atoms with van der Waals surface area (Å²) in [5.74, 6) is 0. The lowest BCUT2D eigenvalue weighted by molar-refractivity contribution is 0.322. The first kappa shape index (κ1) is 13.7. The smallest absolute Gasteiger partial charge is 0.266 e. The molecular weight excluding hydrogens is 262 g/mol. The molecule has 4 nitrogen and oxygen atoms in total. The first-order valence-electron chi connectivity index (χ1n) is 5.94. The number of hydrogen-bond donors (Lipinski definition) is 0. The largest absolute Gasteiger partial charge is 0.296 e. The molecule has 0 aliphatic rings. The summed E-state index contributed by atoms with van der Waals surface area (Å²) in [6.45, 7) is 2.02. The topological polar surface area (TPSA) is 56.3 Å². The van der Waals surface area contributed by atoms with Crippen molar-refractivity contribution in [1.82, 2.24) is 4.98 Å². The monoisotopic (exact) mass is 277 g/mol. The highest BCUT2D eigenvalue weighted by atomic mass is 32.2. The third kappa shape index (κ3) is 3.87. The van der Waals surface area contributed by atoms with Gasteiger partial charge in [0.2, 0.25) is 0 Å². The molecule has 0 fully saturated rings. The molecule has 100 valence electrons. The van der Waals surface area contributed by atoms with Gasteiger partial charge < -0.3 is 0 Å². The van der Waals surface area contributed by atoms with E-state index in [0.29, 0.717) is 6.42 Å². The van der Waals surface area contributed by atoms with E-state index in [1.54, 1.807) is 24.4 Å². The minimum Gasteiger partial charge on any atom is -0.266 e. The van der Waals surface area contributed by atoms with Crippen LogP contribution < -0.4 is 0 Å². The molecule has 2 rings (SSSR count). The summed E-state index contributed by atoms with van der Waals surface area (Å²) < 4.78 is 28.7. The standard InChI is InChI=1S/C14H15NO3S/c1-12-7-8-13(11-15-12)9-10-18-19(16,17)14-5-3-2-4-6-14/h2-8,11H,9-10H2,1H3. The fourth-order valence-corrected chi connectivity index (χ4v) is 2.50. The molecule has 2 aromatic rings. The van der Waals surface area contributed by atoms with E-state index in [2.05, 4.69) is 4.98 Å². The lowest BCUT2D eigenvalue weighted by Crippen LogP contribution is -2.09. The molecule has 0 N–H and O–H groups in total. The Hall–Kier alpha value is -1.72. The zero-order chi connectivity index (χ0) is 13.7. The summed E-state index contributed by atoms with van der Waals surface area (Å²) in [4.78, 5) is 4.33. The van der Waals surface area contributed by atoms with Crippen LogP contribution in [-0.2, 0) is 20.7 Å². The van der Waals surface area contributed by atoms with Gasteiger partial charge in [-0.25, -0.2) is 0 Å². The lowest BCUT2D eigenvalue weighted by atomic mass is 10.2. The maximum atomic E-state index is 11.8. The van der Waals surface area contributed by atoms with Crippen LogP contribution in [0.1, 0.15) is 11.3 Å². The van der Waals surface area contributed by atoms with Crippen LogP contribution >= 0.6 is 0 Å². The van der Waals surface area contributed by atoms with Crippen molar-refractivity contribution < 1.29 is 12.6 Å². The molecule has 1 aromatic carbocycles. The number of rotatable bonds is 5. The number of pyridine rings is 1. The Bertz CT molecular complexity index is 622. The second-order valence-corrected chi connectivity index (χ2v) is 5.76. The van der Waals surface area contributed by atoms with E-state index in [-0.39, 0.29) is 11.5 Å². The first-order chi connectivity index (χ1) is 9.08. The number of aromatic nitrogens is 1. The summed E-state index contributed by atoms with van der Waals surface area (Å²) >= 11 is 0. The molecular formula is C14H15NO3S. The van der Waals surface area contributed by atoms with Crippen LogP contribution in [-0.4, -0.2) is 20.0 Å². The van der Waals surface area contributed by atoms with E-state index >= 15 is 0 Å². The van der Waals surface area contributed by atoms with Crippen LogP contribution in [0.15, 0.2) is 53.6 Å². The van der Waals surface area contributed by atoms with Gasteiger partial charge in [0, 0.05) is 11.9 Å². The average Bonchev–Trinajstić information content (AvgIpc) is 2.42. The van der Waals surface area contributed by atoms with Crippen LogP contribution in [0.25, 0.3) is 0 Å². The van der Waals surface area contributed by atoms with E-state index in [0.717, 1.165) is 11.3 Å². The second kappa shape index (κ2) is 5.95. The van der Waals surface area contributed by atoms with Crippen molar-refractivity contribution in [3.05, 3.63) is 59.9 Å². The zero-order valence-electron chi connectivity index (χ0n) is 10.6. The Morgan fingerprint density at radius 3 is 2.47 bits per heavy atom. The molecule has 1 heterocycles. The highest BCUT2D eigenvalue weighted by Gasteiger charge is 2.13. The molecule has 1 aromatic heterocycles. The molecule has 0 bridgehead atoms. The van der Waals surface area contributed by atoms with Gasteiger partial charge in [-0.2, -0.15) is 8.42 Å². The number of nitrogens with zero attached hydrogens (tertiary/aromatic N) is 1. The Kier molecular flexibility index (Phi) is 4.29. The quantitative estimate of drug-likeness (QED) is 0.787. The van der Waals surface area contributed by atoms with E-state index in [4.69, 9.17) is 4.18 Å². The summed E-state index contributed by atoms with van der Waals surface area (Å²) in [6, 6.07) is 11.9. The SMILES string of the molecule is Cc1ccc(CCOS(=O)(=O)c2ccccc2)cn1. The Labute approximate surface area is 113 Å². The van der Waals surface area contributed by atoms with Crippen molar-refractivity contribution in [2.75, 3.05) is 6.61 Å². The number of aryl methyl sites for hydroxylation is 1. The third-order valence-corrected chi connectivity index (χ3v) is 3.96. The minimum absolute atomic E-state index is 0.113.